The number of rotatable bonds is 4. The van der Waals surface area contributed by atoms with Crippen molar-refractivity contribution in [2.75, 3.05) is 24.6 Å². The summed E-state index contributed by atoms with van der Waals surface area (Å²) in [5.74, 6) is -0.108. The number of carbonyl (C=O) groups is 1. The van der Waals surface area contributed by atoms with Crippen LogP contribution in [0.1, 0.15) is 38.5 Å². The minimum atomic E-state index is -3.06. The Morgan fingerprint density at radius 2 is 1.89 bits per heavy atom. The number of carboxylic acid groups (broad SMARTS) is 1. The maximum Gasteiger partial charge on any atom is 0.304 e. The smallest absolute Gasteiger partial charge is 0.304 e. The number of carboxylic acids is 1. The average Bonchev–Trinajstić information content (AvgIpc) is 2.33. The fourth-order valence-electron chi connectivity index (χ4n) is 3.25. The third-order valence-electron chi connectivity index (χ3n) is 4.28. The van der Waals surface area contributed by atoms with Gasteiger partial charge in [-0.05, 0) is 18.8 Å². The van der Waals surface area contributed by atoms with E-state index >= 15 is 0 Å². The lowest BCUT2D eigenvalue weighted by atomic mass is 9.88. The lowest BCUT2D eigenvalue weighted by molar-refractivity contribution is -0.138. The summed E-state index contributed by atoms with van der Waals surface area (Å²) in [6, 6.07) is -0.335. The van der Waals surface area contributed by atoms with E-state index in [2.05, 4.69) is 4.90 Å². The van der Waals surface area contributed by atoms with Crippen LogP contribution in [0, 0.1) is 5.92 Å². The van der Waals surface area contributed by atoms with Crippen molar-refractivity contribution in [2.45, 2.75) is 44.6 Å². The molecule has 5 nitrogen and oxygen atoms in total. The standard InChI is InChI=1S/C13H23NO4S/c15-13(16)8-12-10-19(17,18)7-6-14(12)9-11-4-2-1-3-5-11/h11-12H,1-10H2,(H,15,16). The van der Waals surface area contributed by atoms with Gasteiger partial charge < -0.3 is 5.11 Å². The number of sulfone groups is 1. The highest BCUT2D eigenvalue weighted by Crippen LogP contribution is 2.26. The van der Waals surface area contributed by atoms with Gasteiger partial charge in [0.1, 0.15) is 0 Å². The van der Waals surface area contributed by atoms with Crippen LogP contribution in [0.15, 0.2) is 0 Å². The van der Waals surface area contributed by atoms with Crippen molar-refractivity contribution in [3.05, 3.63) is 0 Å². The van der Waals surface area contributed by atoms with Crippen LogP contribution < -0.4 is 0 Å². The number of nitrogens with zero attached hydrogens (tertiary/aromatic N) is 1. The molecule has 0 aromatic carbocycles. The molecule has 1 aliphatic heterocycles. The van der Waals surface area contributed by atoms with Gasteiger partial charge in [0.15, 0.2) is 9.84 Å². The molecule has 0 aromatic rings. The Kier molecular flexibility index (Phi) is 4.84. The highest BCUT2D eigenvalue weighted by atomic mass is 32.2. The molecule has 1 saturated heterocycles. The summed E-state index contributed by atoms with van der Waals surface area (Å²) >= 11 is 0. The molecule has 1 atom stereocenters. The van der Waals surface area contributed by atoms with Gasteiger partial charge >= 0.3 is 5.97 Å². The predicted octanol–water partition coefficient (Wildman–Crippen LogP) is 1.14. The van der Waals surface area contributed by atoms with E-state index < -0.39 is 15.8 Å². The summed E-state index contributed by atoms with van der Waals surface area (Å²) in [5.41, 5.74) is 0. The summed E-state index contributed by atoms with van der Waals surface area (Å²) < 4.78 is 23.3. The Labute approximate surface area is 114 Å². The van der Waals surface area contributed by atoms with E-state index in [4.69, 9.17) is 5.11 Å². The topological polar surface area (TPSA) is 74.7 Å². The highest BCUT2D eigenvalue weighted by Gasteiger charge is 2.33. The largest absolute Gasteiger partial charge is 0.481 e. The van der Waals surface area contributed by atoms with E-state index in [1.807, 2.05) is 0 Å². The second kappa shape index (κ2) is 6.22. The minimum Gasteiger partial charge on any atom is -0.481 e. The van der Waals surface area contributed by atoms with Crippen molar-refractivity contribution in [2.24, 2.45) is 5.92 Å². The Bertz CT molecular complexity index is 414. The number of hydrogen-bond acceptors (Lipinski definition) is 4. The third kappa shape index (κ3) is 4.45. The van der Waals surface area contributed by atoms with Crippen LogP contribution in [-0.4, -0.2) is 55.0 Å². The molecule has 0 bridgehead atoms. The molecule has 0 spiro atoms. The first-order valence-corrected chi connectivity index (χ1v) is 8.95. The predicted molar refractivity (Wildman–Crippen MR) is 72.8 cm³/mol. The first-order chi connectivity index (χ1) is 8.96. The van der Waals surface area contributed by atoms with Gasteiger partial charge in [-0.25, -0.2) is 8.42 Å². The molecule has 2 rings (SSSR count). The zero-order chi connectivity index (χ0) is 13.9. The molecule has 0 radical (unpaired) electrons. The Balaban J connectivity index is 1.97. The van der Waals surface area contributed by atoms with Crippen molar-refractivity contribution in [1.82, 2.24) is 4.90 Å². The molecule has 1 heterocycles. The van der Waals surface area contributed by atoms with Gasteiger partial charge in [-0.2, -0.15) is 0 Å². The Hall–Kier alpha value is -0.620. The molecule has 1 saturated carbocycles. The minimum absolute atomic E-state index is 0.00597. The molecule has 1 unspecified atom stereocenters. The zero-order valence-corrected chi connectivity index (χ0v) is 12.1. The van der Waals surface area contributed by atoms with Crippen molar-refractivity contribution >= 4 is 15.8 Å². The van der Waals surface area contributed by atoms with Gasteiger partial charge in [0.25, 0.3) is 0 Å². The third-order valence-corrected chi connectivity index (χ3v) is 5.98. The van der Waals surface area contributed by atoms with Crippen LogP contribution in [0.2, 0.25) is 0 Å². The van der Waals surface area contributed by atoms with Crippen LogP contribution in [0.4, 0.5) is 0 Å². The Morgan fingerprint density at radius 3 is 2.53 bits per heavy atom. The highest BCUT2D eigenvalue weighted by molar-refractivity contribution is 7.91. The van der Waals surface area contributed by atoms with Gasteiger partial charge in [0, 0.05) is 19.1 Å². The lowest BCUT2D eigenvalue weighted by Crippen LogP contribution is -2.51. The second-order valence-electron chi connectivity index (χ2n) is 5.87. The number of aliphatic carboxylic acids is 1. The van der Waals surface area contributed by atoms with E-state index in [9.17, 15) is 13.2 Å². The van der Waals surface area contributed by atoms with Gasteiger partial charge in [0.2, 0.25) is 0 Å². The van der Waals surface area contributed by atoms with Crippen molar-refractivity contribution in [3.8, 4) is 0 Å². The summed E-state index contributed by atoms with van der Waals surface area (Å²) in [6.07, 6.45) is 6.13. The van der Waals surface area contributed by atoms with Crippen molar-refractivity contribution in [1.29, 1.82) is 0 Å². The van der Waals surface area contributed by atoms with Gasteiger partial charge in [-0.3, -0.25) is 9.69 Å². The van der Waals surface area contributed by atoms with Crippen LogP contribution in [0.25, 0.3) is 0 Å². The summed E-state index contributed by atoms with van der Waals surface area (Å²) in [7, 11) is -3.06. The average molecular weight is 289 g/mol. The van der Waals surface area contributed by atoms with E-state index in [1.54, 1.807) is 0 Å². The molecular formula is C13H23NO4S. The van der Waals surface area contributed by atoms with E-state index in [0.717, 1.165) is 6.54 Å². The lowest BCUT2D eigenvalue weighted by Gasteiger charge is -2.37. The van der Waals surface area contributed by atoms with E-state index in [-0.39, 0.29) is 24.0 Å². The van der Waals surface area contributed by atoms with Gasteiger partial charge in [-0.15, -0.1) is 0 Å². The van der Waals surface area contributed by atoms with Gasteiger partial charge in [-0.1, -0.05) is 19.3 Å². The van der Waals surface area contributed by atoms with Crippen LogP contribution in [0.5, 0.6) is 0 Å². The van der Waals surface area contributed by atoms with Crippen molar-refractivity contribution < 1.29 is 18.3 Å². The van der Waals surface area contributed by atoms with Crippen molar-refractivity contribution in [3.63, 3.8) is 0 Å². The molecule has 110 valence electrons. The summed E-state index contributed by atoms with van der Waals surface area (Å²) in [4.78, 5) is 13.0. The zero-order valence-electron chi connectivity index (χ0n) is 11.3. The molecule has 1 aliphatic carbocycles. The molecule has 0 amide bonds. The van der Waals surface area contributed by atoms with E-state index in [0.29, 0.717) is 12.5 Å². The molecule has 1 N–H and O–H groups in total. The quantitative estimate of drug-likeness (QED) is 0.840. The van der Waals surface area contributed by atoms with Crippen LogP contribution >= 0.6 is 0 Å². The second-order valence-corrected chi connectivity index (χ2v) is 8.09. The summed E-state index contributed by atoms with van der Waals surface area (Å²) in [6.45, 7) is 1.37. The van der Waals surface area contributed by atoms with E-state index in [1.165, 1.54) is 32.1 Å². The first-order valence-electron chi connectivity index (χ1n) is 7.12. The first kappa shape index (κ1) is 14.8. The Morgan fingerprint density at radius 1 is 1.21 bits per heavy atom. The monoisotopic (exact) mass is 289 g/mol. The molecule has 6 heteroatoms. The maximum atomic E-state index is 11.7. The fourth-order valence-corrected chi connectivity index (χ4v) is 4.85. The normalized spacial score (nSPS) is 29.2. The molecule has 2 aliphatic rings. The number of hydrogen-bond donors (Lipinski definition) is 1. The van der Waals surface area contributed by atoms with Gasteiger partial charge in [0.05, 0.1) is 17.9 Å². The molecular weight excluding hydrogens is 266 g/mol. The summed E-state index contributed by atoms with van der Waals surface area (Å²) in [5, 5.41) is 8.94. The van der Waals surface area contributed by atoms with Crippen LogP contribution in [-0.2, 0) is 14.6 Å². The van der Waals surface area contributed by atoms with Crippen LogP contribution in [0.3, 0.4) is 0 Å². The SMILES string of the molecule is O=C(O)CC1CS(=O)(=O)CCN1CC1CCCCC1. The maximum absolute atomic E-state index is 11.7. The molecule has 19 heavy (non-hydrogen) atoms. The molecule has 2 fully saturated rings. The molecule has 0 aromatic heterocycles. The fraction of sp³-hybridized carbons (Fsp3) is 0.923.